The van der Waals surface area contributed by atoms with Gasteiger partial charge in [0, 0.05) is 12.1 Å². The Hall–Kier alpha value is -0.210. The SMILES string of the molecule is Cc1nc(Cl)sc1S(=O)(=O)NC(C)(C)CCO. The van der Waals surface area contributed by atoms with Crippen molar-refractivity contribution in [1.29, 1.82) is 0 Å². The van der Waals surface area contributed by atoms with Gasteiger partial charge in [0.25, 0.3) is 10.0 Å². The van der Waals surface area contributed by atoms with Crippen molar-refractivity contribution in [3.8, 4) is 0 Å². The predicted molar refractivity (Wildman–Crippen MR) is 68.0 cm³/mol. The lowest BCUT2D eigenvalue weighted by Crippen LogP contribution is -2.43. The zero-order valence-electron chi connectivity index (χ0n) is 9.82. The quantitative estimate of drug-likeness (QED) is 0.864. The molecule has 0 aliphatic rings. The Morgan fingerprint density at radius 1 is 1.53 bits per heavy atom. The Labute approximate surface area is 110 Å². The fraction of sp³-hybridized carbons (Fsp3) is 0.667. The average Bonchev–Trinajstić information content (AvgIpc) is 2.43. The third kappa shape index (κ3) is 3.89. The Bertz CT molecular complexity index is 496. The van der Waals surface area contributed by atoms with Crippen LogP contribution in [0.3, 0.4) is 0 Å². The number of hydrogen-bond acceptors (Lipinski definition) is 5. The second kappa shape index (κ2) is 5.19. The van der Waals surface area contributed by atoms with Gasteiger partial charge in [-0.2, -0.15) is 0 Å². The number of hydrogen-bond donors (Lipinski definition) is 2. The van der Waals surface area contributed by atoms with E-state index < -0.39 is 15.6 Å². The van der Waals surface area contributed by atoms with Crippen molar-refractivity contribution in [1.82, 2.24) is 9.71 Å². The van der Waals surface area contributed by atoms with Gasteiger partial charge in [0.05, 0.1) is 5.69 Å². The first-order chi connectivity index (χ1) is 7.68. The fourth-order valence-electron chi connectivity index (χ4n) is 1.34. The number of aromatic nitrogens is 1. The van der Waals surface area contributed by atoms with Crippen LogP contribution >= 0.6 is 22.9 Å². The minimum absolute atomic E-state index is 0.0854. The lowest BCUT2D eigenvalue weighted by atomic mass is 10.0. The van der Waals surface area contributed by atoms with E-state index in [4.69, 9.17) is 16.7 Å². The number of thiazole rings is 1. The summed E-state index contributed by atoms with van der Waals surface area (Å²) in [6.07, 6.45) is 0.331. The number of nitrogens with one attached hydrogen (secondary N) is 1. The molecule has 17 heavy (non-hydrogen) atoms. The third-order valence-electron chi connectivity index (χ3n) is 2.12. The standard InChI is InChI=1S/C9H15ClN2O3S2/c1-6-7(16-8(10)11-6)17(14,15)12-9(2,3)4-5-13/h12-13H,4-5H2,1-3H3. The molecule has 0 amide bonds. The molecule has 5 nitrogen and oxygen atoms in total. The second-order valence-corrected chi connectivity index (χ2v) is 7.76. The van der Waals surface area contributed by atoms with Crippen molar-refractivity contribution in [2.45, 2.75) is 36.9 Å². The normalized spacial score (nSPS) is 13.0. The zero-order chi connectivity index (χ0) is 13.3. The van der Waals surface area contributed by atoms with Crippen molar-refractivity contribution in [3.05, 3.63) is 10.2 Å². The highest BCUT2D eigenvalue weighted by Gasteiger charge is 2.28. The molecule has 0 bridgehead atoms. The van der Waals surface area contributed by atoms with E-state index in [0.29, 0.717) is 12.1 Å². The van der Waals surface area contributed by atoms with Crippen molar-refractivity contribution in [3.63, 3.8) is 0 Å². The molecule has 0 atom stereocenters. The van der Waals surface area contributed by atoms with Gasteiger partial charge in [0.1, 0.15) is 0 Å². The van der Waals surface area contributed by atoms with Crippen LogP contribution in [0.15, 0.2) is 4.21 Å². The minimum Gasteiger partial charge on any atom is -0.396 e. The van der Waals surface area contributed by atoms with Crippen LogP contribution in [0, 0.1) is 6.92 Å². The van der Waals surface area contributed by atoms with Gasteiger partial charge in [-0.25, -0.2) is 18.1 Å². The summed E-state index contributed by atoms with van der Waals surface area (Å²) in [4.78, 5) is 3.87. The molecular weight excluding hydrogens is 284 g/mol. The van der Waals surface area contributed by atoms with Crippen LogP contribution in [-0.2, 0) is 10.0 Å². The number of aliphatic hydroxyl groups is 1. The van der Waals surface area contributed by atoms with Crippen molar-refractivity contribution < 1.29 is 13.5 Å². The molecule has 1 rings (SSSR count). The summed E-state index contributed by atoms with van der Waals surface area (Å²) in [5.74, 6) is 0. The first-order valence-corrected chi connectivity index (χ1v) is 7.63. The van der Waals surface area contributed by atoms with E-state index in [0.717, 1.165) is 11.3 Å². The van der Waals surface area contributed by atoms with Crippen molar-refractivity contribution in [2.24, 2.45) is 0 Å². The molecule has 0 saturated carbocycles. The van der Waals surface area contributed by atoms with Gasteiger partial charge in [-0.05, 0) is 27.2 Å². The number of aliphatic hydroxyl groups excluding tert-OH is 1. The summed E-state index contributed by atoms with van der Waals surface area (Å²) in [5, 5.41) is 8.86. The van der Waals surface area contributed by atoms with Crippen LogP contribution in [0.1, 0.15) is 26.0 Å². The molecular formula is C9H15ClN2O3S2. The number of nitrogens with zero attached hydrogens (tertiary/aromatic N) is 1. The van der Waals surface area contributed by atoms with Gasteiger partial charge in [0.15, 0.2) is 8.68 Å². The molecule has 0 aromatic carbocycles. The molecule has 2 N–H and O–H groups in total. The molecule has 0 aliphatic carbocycles. The Morgan fingerprint density at radius 3 is 2.53 bits per heavy atom. The highest BCUT2D eigenvalue weighted by molar-refractivity contribution is 7.91. The summed E-state index contributed by atoms with van der Waals surface area (Å²) in [5.41, 5.74) is -0.330. The van der Waals surface area contributed by atoms with Gasteiger partial charge in [-0.1, -0.05) is 22.9 Å². The molecule has 1 heterocycles. The number of aryl methyl sites for hydroxylation is 1. The first kappa shape index (κ1) is 14.8. The Kier molecular flexibility index (Phi) is 4.54. The smallest absolute Gasteiger partial charge is 0.252 e. The van der Waals surface area contributed by atoms with Gasteiger partial charge >= 0.3 is 0 Å². The molecule has 0 fully saturated rings. The van der Waals surface area contributed by atoms with E-state index in [1.54, 1.807) is 20.8 Å². The van der Waals surface area contributed by atoms with E-state index in [-0.39, 0.29) is 15.3 Å². The van der Waals surface area contributed by atoms with Crippen LogP contribution in [0.2, 0.25) is 4.47 Å². The Balaban J connectivity index is 3.01. The molecule has 0 aliphatic heterocycles. The molecule has 1 aromatic rings. The molecule has 0 spiro atoms. The molecule has 0 radical (unpaired) electrons. The lowest BCUT2D eigenvalue weighted by molar-refractivity contribution is 0.246. The number of sulfonamides is 1. The largest absolute Gasteiger partial charge is 0.396 e. The highest BCUT2D eigenvalue weighted by Crippen LogP contribution is 2.27. The lowest BCUT2D eigenvalue weighted by Gasteiger charge is -2.24. The molecule has 0 saturated heterocycles. The highest BCUT2D eigenvalue weighted by atomic mass is 35.5. The molecule has 0 unspecified atom stereocenters. The van der Waals surface area contributed by atoms with E-state index in [1.807, 2.05) is 0 Å². The van der Waals surface area contributed by atoms with E-state index >= 15 is 0 Å². The monoisotopic (exact) mass is 298 g/mol. The van der Waals surface area contributed by atoms with Crippen LogP contribution in [0.5, 0.6) is 0 Å². The van der Waals surface area contributed by atoms with Crippen molar-refractivity contribution >= 4 is 33.0 Å². The Morgan fingerprint density at radius 2 is 2.12 bits per heavy atom. The molecule has 98 valence electrons. The number of halogens is 1. The zero-order valence-corrected chi connectivity index (χ0v) is 12.2. The third-order valence-corrected chi connectivity index (χ3v) is 5.69. The summed E-state index contributed by atoms with van der Waals surface area (Å²) < 4.78 is 27.0. The molecule has 8 heteroatoms. The summed E-state index contributed by atoms with van der Waals surface area (Å²) in [6.45, 7) is 4.92. The van der Waals surface area contributed by atoms with Crippen LogP contribution in [0.4, 0.5) is 0 Å². The van der Waals surface area contributed by atoms with Crippen molar-refractivity contribution in [2.75, 3.05) is 6.61 Å². The predicted octanol–water partition coefficient (Wildman–Crippen LogP) is 1.54. The van der Waals surface area contributed by atoms with E-state index in [2.05, 4.69) is 9.71 Å². The van der Waals surface area contributed by atoms with E-state index in [1.165, 1.54) is 0 Å². The van der Waals surface area contributed by atoms with Crippen LogP contribution in [-0.4, -0.2) is 30.7 Å². The van der Waals surface area contributed by atoms with Gasteiger partial charge in [-0.15, -0.1) is 0 Å². The van der Waals surface area contributed by atoms with Gasteiger partial charge < -0.3 is 5.11 Å². The maximum Gasteiger partial charge on any atom is 0.252 e. The second-order valence-electron chi connectivity index (χ2n) is 4.30. The van der Waals surface area contributed by atoms with Gasteiger partial charge in [0.2, 0.25) is 0 Å². The summed E-state index contributed by atoms with van der Waals surface area (Å²) >= 11 is 6.60. The fourth-order valence-corrected chi connectivity index (χ4v) is 4.52. The maximum atomic E-state index is 12.1. The summed E-state index contributed by atoms with van der Waals surface area (Å²) in [6, 6.07) is 0. The molecule has 1 aromatic heterocycles. The van der Waals surface area contributed by atoms with Gasteiger partial charge in [-0.3, -0.25) is 0 Å². The van der Waals surface area contributed by atoms with E-state index in [9.17, 15) is 8.42 Å². The van der Waals surface area contributed by atoms with Crippen LogP contribution in [0.25, 0.3) is 0 Å². The average molecular weight is 299 g/mol. The first-order valence-electron chi connectivity index (χ1n) is 4.96. The van der Waals surface area contributed by atoms with Crippen LogP contribution < -0.4 is 4.72 Å². The number of rotatable bonds is 5. The maximum absolute atomic E-state index is 12.1. The minimum atomic E-state index is -3.64. The summed E-state index contributed by atoms with van der Waals surface area (Å²) in [7, 11) is -3.64. The topological polar surface area (TPSA) is 79.3 Å².